The van der Waals surface area contributed by atoms with Gasteiger partial charge in [0.15, 0.2) is 0 Å². The van der Waals surface area contributed by atoms with Crippen LogP contribution in [0.3, 0.4) is 0 Å². The lowest BCUT2D eigenvalue weighted by molar-refractivity contribution is -0.137. The van der Waals surface area contributed by atoms with E-state index in [1.165, 1.54) is 12.1 Å². The van der Waals surface area contributed by atoms with Crippen molar-refractivity contribution in [2.24, 2.45) is 0 Å². The van der Waals surface area contributed by atoms with E-state index in [9.17, 15) is 18.0 Å². The summed E-state index contributed by atoms with van der Waals surface area (Å²) in [6.45, 7) is 8.19. The zero-order valence-electron chi connectivity index (χ0n) is 18.1. The summed E-state index contributed by atoms with van der Waals surface area (Å²) >= 11 is 0. The minimum atomic E-state index is -4.33. The van der Waals surface area contributed by atoms with Crippen molar-refractivity contribution in [2.45, 2.75) is 45.5 Å². The van der Waals surface area contributed by atoms with Crippen LogP contribution in [0.2, 0.25) is 0 Å². The lowest BCUT2D eigenvalue weighted by Crippen LogP contribution is -2.51. The highest BCUT2D eigenvalue weighted by molar-refractivity contribution is 5.94. The Kier molecular flexibility index (Phi) is 7.59. The maximum atomic E-state index is 12.8. The summed E-state index contributed by atoms with van der Waals surface area (Å²) in [7, 11) is 0. The van der Waals surface area contributed by atoms with E-state index in [2.05, 4.69) is 24.1 Å². The number of piperazine rings is 1. The third-order valence-corrected chi connectivity index (χ3v) is 5.97. The Hall–Kier alpha value is -2.54. The minimum absolute atomic E-state index is 0.0476. The van der Waals surface area contributed by atoms with Gasteiger partial charge in [0.25, 0.3) is 5.91 Å². The molecule has 0 unspecified atom stereocenters. The molecule has 0 spiro atoms. The van der Waals surface area contributed by atoms with Crippen molar-refractivity contribution in [3.63, 3.8) is 0 Å². The number of anilines is 1. The molecule has 0 saturated carbocycles. The lowest BCUT2D eigenvalue weighted by Gasteiger charge is -2.38. The molecule has 2 aromatic carbocycles. The van der Waals surface area contributed by atoms with Crippen molar-refractivity contribution < 1.29 is 18.0 Å². The number of rotatable bonds is 7. The molecule has 2 aromatic rings. The van der Waals surface area contributed by atoms with Crippen LogP contribution in [0, 0.1) is 0 Å². The van der Waals surface area contributed by atoms with Gasteiger partial charge in [-0.25, -0.2) is 0 Å². The summed E-state index contributed by atoms with van der Waals surface area (Å²) in [6.07, 6.45) is -2.07. The molecule has 168 valence electrons. The summed E-state index contributed by atoms with van der Waals surface area (Å²) in [4.78, 5) is 17.2. The van der Waals surface area contributed by atoms with Gasteiger partial charge in [-0.2, -0.15) is 13.2 Å². The van der Waals surface area contributed by atoms with Gasteiger partial charge >= 0.3 is 6.18 Å². The Morgan fingerprint density at radius 1 is 0.935 bits per heavy atom. The third kappa shape index (κ3) is 6.00. The molecular formula is C24H30F3N3O. The second-order valence-electron chi connectivity index (χ2n) is 7.92. The summed E-state index contributed by atoms with van der Waals surface area (Å²) in [5.41, 5.74) is 1.56. The van der Waals surface area contributed by atoms with Gasteiger partial charge in [0.2, 0.25) is 0 Å². The molecule has 1 fully saturated rings. The number of halogens is 3. The van der Waals surface area contributed by atoms with Crippen molar-refractivity contribution in [3.05, 3.63) is 65.2 Å². The Balaban J connectivity index is 1.51. The second kappa shape index (κ2) is 10.2. The smallest absolute Gasteiger partial charge is 0.381 e. The van der Waals surface area contributed by atoms with E-state index < -0.39 is 11.7 Å². The van der Waals surface area contributed by atoms with Crippen LogP contribution in [0.4, 0.5) is 18.9 Å². The van der Waals surface area contributed by atoms with Crippen LogP contribution >= 0.6 is 0 Å². The molecule has 0 bridgehead atoms. The van der Waals surface area contributed by atoms with E-state index in [4.69, 9.17) is 0 Å². The van der Waals surface area contributed by atoms with Crippen LogP contribution in [-0.4, -0.2) is 47.9 Å². The molecule has 1 aliphatic heterocycles. The van der Waals surface area contributed by atoms with Gasteiger partial charge in [-0.15, -0.1) is 0 Å². The first kappa shape index (κ1) is 23.1. The standard InChI is InChI=1S/C24H30F3N3O/c1-3-22(4-2)29-13-15-30(16-14-29)23(31)19-7-5-18(6-8-19)17-28-21-11-9-20(10-12-21)24(25,26)27/h5-12,22,28H,3-4,13-17H2,1-2H3. The summed E-state index contributed by atoms with van der Waals surface area (Å²) in [6, 6.07) is 13.0. The normalized spacial score (nSPS) is 15.4. The van der Waals surface area contributed by atoms with Crippen molar-refractivity contribution in [1.29, 1.82) is 0 Å². The number of nitrogens with one attached hydrogen (secondary N) is 1. The Bertz CT molecular complexity index is 838. The summed E-state index contributed by atoms with van der Waals surface area (Å²) in [5.74, 6) is 0.0476. The molecular weight excluding hydrogens is 403 g/mol. The molecule has 7 heteroatoms. The highest BCUT2D eigenvalue weighted by atomic mass is 19.4. The van der Waals surface area contributed by atoms with Crippen LogP contribution in [0.5, 0.6) is 0 Å². The SMILES string of the molecule is CCC(CC)N1CCN(C(=O)c2ccc(CNc3ccc(C(F)(F)F)cc3)cc2)CC1. The lowest BCUT2D eigenvalue weighted by atomic mass is 10.1. The van der Waals surface area contributed by atoms with Crippen molar-refractivity contribution in [2.75, 3.05) is 31.5 Å². The van der Waals surface area contributed by atoms with Crippen molar-refractivity contribution in [3.8, 4) is 0 Å². The molecule has 4 nitrogen and oxygen atoms in total. The van der Waals surface area contributed by atoms with E-state index >= 15 is 0 Å². The predicted molar refractivity (Wildman–Crippen MR) is 117 cm³/mol. The highest BCUT2D eigenvalue weighted by Crippen LogP contribution is 2.29. The average Bonchev–Trinajstić information content (AvgIpc) is 2.78. The topological polar surface area (TPSA) is 35.6 Å². The molecule has 0 radical (unpaired) electrons. The number of hydrogen-bond donors (Lipinski definition) is 1. The third-order valence-electron chi connectivity index (χ3n) is 5.97. The molecule has 0 atom stereocenters. The summed E-state index contributed by atoms with van der Waals surface area (Å²) in [5, 5.41) is 3.11. The zero-order valence-corrected chi connectivity index (χ0v) is 18.1. The average molecular weight is 434 g/mol. The van der Waals surface area contributed by atoms with Gasteiger partial charge in [0, 0.05) is 50.0 Å². The van der Waals surface area contributed by atoms with Gasteiger partial charge in [-0.05, 0) is 54.8 Å². The molecule has 1 N–H and O–H groups in total. The first-order valence-corrected chi connectivity index (χ1v) is 10.8. The Morgan fingerprint density at radius 2 is 1.52 bits per heavy atom. The van der Waals surface area contributed by atoms with E-state index in [1.807, 2.05) is 29.2 Å². The van der Waals surface area contributed by atoms with Gasteiger partial charge in [-0.3, -0.25) is 9.69 Å². The number of nitrogens with zero attached hydrogens (tertiary/aromatic N) is 2. The number of alkyl halides is 3. The molecule has 0 aliphatic carbocycles. The maximum absolute atomic E-state index is 12.8. The van der Waals surface area contributed by atoms with Gasteiger partial charge in [0.1, 0.15) is 0 Å². The molecule has 1 heterocycles. The largest absolute Gasteiger partial charge is 0.416 e. The summed E-state index contributed by atoms with van der Waals surface area (Å²) < 4.78 is 37.9. The van der Waals surface area contributed by atoms with Crippen LogP contribution in [0.15, 0.2) is 48.5 Å². The van der Waals surface area contributed by atoms with Crippen molar-refractivity contribution in [1.82, 2.24) is 9.80 Å². The predicted octanol–water partition coefficient (Wildman–Crippen LogP) is 5.26. The van der Waals surface area contributed by atoms with Crippen LogP contribution in [-0.2, 0) is 12.7 Å². The fraction of sp³-hybridized carbons (Fsp3) is 0.458. The van der Waals surface area contributed by atoms with E-state index in [-0.39, 0.29) is 5.91 Å². The zero-order chi connectivity index (χ0) is 22.4. The molecule has 3 rings (SSSR count). The number of carbonyl (C=O) groups excluding carboxylic acids is 1. The van der Waals surface area contributed by atoms with Crippen LogP contribution in [0.25, 0.3) is 0 Å². The number of hydrogen-bond acceptors (Lipinski definition) is 3. The monoisotopic (exact) mass is 433 g/mol. The van der Waals surface area contributed by atoms with Crippen LogP contribution < -0.4 is 5.32 Å². The molecule has 31 heavy (non-hydrogen) atoms. The van der Waals surface area contributed by atoms with Gasteiger partial charge in [-0.1, -0.05) is 26.0 Å². The van der Waals surface area contributed by atoms with E-state index in [0.717, 1.165) is 56.7 Å². The molecule has 1 aliphatic rings. The molecule has 1 saturated heterocycles. The number of amides is 1. The Morgan fingerprint density at radius 3 is 2.03 bits per heavy atom. The van der Waals surface area contributed by atoms with E-state index in [1.54, 1.807) is 0 Å². The first-order valence-electron chi connectivity index (χ1n) is 10.8. The van der Waals surface area contributed by atoms with Gasteiger partial charge < -0.3 is 10.2 Å². The fourth-order valence-electron chi connectivity index (χ4n) is 4.02. The van der Waals surface area contributed by atoms with E-state index in [0.29, 0.717) is 23.8 Å². The Labute approximate surface area is 182 Å². The molecule has 0 aromatic heterocycles. The number of benzene rings is 2. The quantitative estimate of drug-likeness (QED) is 0.647. The second-order valence-corrected chi connectivity index (χ2v) is 7.92. The number of carbonyl (C=O) groups is 1. The first-order chi connectivity index (χ1) is 14.8. The van der Waals surface area contributed by atoms with Crippen molar-refractivity contribution >= 4 is 11.6 Å². The van der Waals surface area contributed by atoms with Gasteiger partial charge in [0.05, 0.1) is 5.56 Å². The fourth-order valence-corrected chi connectivity index (χ4v) is 4.02. The maximum Gasteiger partial charge on any atom is 0.416 e. The van der Waals surface area contributed by atoms with Crippen LogP contribution in [0.1, 0.15) is 48.2 Å². The minimum Gasteiger partial charge on any atom is -0.381 e. The molecule has 1 amide bonds. The highest BCUT2D eigenvalue weighted by Gasteiger charge is 2.30.